The first-order valence-electron chi connectivity index (χ1n) is 6.52. The Morgan fingerprint density at radius 3 is 2.63 bits per heavy atom. The molecule has 0 amide bonds. The Kier molecular flexibility index (Phi) is 4.16. The largest absolute Gasteiger partial charge is 0.416 e. The van der Waals surface area contributed by atoms with E-state index in [0.717, 1.165) is 12.6 Å². The molecule has 1 fully saturated rings. The molecule has 106 valence electrons. The van der Waals surface area contributed by atoms with Crippen LogP contribution in [0, 0.1) is 11.8 Å². The SMILES string of the molecule is CC1CC1CNC(CN)c1cccc(C(F)(F)F)c1. The van der Waals surface area contributed by atoms with Crippen LogP contribution < -0.4 is 11.1 Å². The van der Waals surface area contributed by atoms with Gasteiger partial charge in [0.1, 0.15) is 0 Å². The minimum atomic E-state index is -4.31. The van der Waals surface area contributed by atoms with E-state index >= 15 is 0 Å². The van der Waals surface area contributed by atoms with Crippen molar-refractivity contribution in [1.82, 2.24) is 5.32 Å². The smallest absolute Gasteiger partial charge is 0.329 e. The minimum Gasteiger partial charge on any atom is -0.329 e. The third kappa shape index (κ3) is 3.70. The summed E-state index contributed by atoms with van der Waals surface area (Å²) in [5, 5.41) is 3.26. The van der Waals surface area contributed by atoms with E-state index in [9.17, 15) is 13.2 Å². The second-order valence-corrected chi connectivity index (χ2v) is 5.29. The fourth-order valence-corrected chi connectivity index (χ4v) is 2.25. The van der Waals surface area contributed by atoms with Gasteiger partial charge in [0, 0.05) is 12.6 Å². The van der Waals surface area contributed by atoms with Gasteiger partial charge in [-0.2, -0.15) is 13.2 Å². The van der Waals surface area contributed by atoms with Crippen molar-refractivity contribution >= 4 is 0 Å². The van der Waals surface area contributed by atoms with E-state index in [1.165, 1.54) is 18.6 Å². The third-order valence-corrected chi connectivity index (χ3v) is 3.75. The summed E-state index contributed by atoms with van der Waals surface area (Å²) in [6.07, 6.45) is -3.12. The van der Waals surface area contributed by atoms with Crippen molar-refractivity contribution in [2.45, 2.75) is 25.6 Å². The van der Waals surface area contributed by atoms with Crippen molar-refractivity contribution in [3.8, 4) is 0 Å². The van der Waals surface area contributed by atoms with Gasteiger partial charge in [-0.3, -0.25) is 0 Å². The number of nitrogens with one attached hydrogen (secondary N) is 1. The molecule has 0 bridgehead atoms. The molecule has 3 atom stereocenters. The quantitative estimate of drug-likeness (QED) is 0.865. The highest BCUT2D eigenvalue weighted by Gasteiger charge is 2.33. The Morgan fingerprint density at radius 1 is 1.42 bits per heavy atom. The van der Waals surface area contributed by atoms with Crippen LogP contribution in [0.15, 0.2) is 24.3 Å². The molecule has 1 aromatic rings. The maximum absolute atomic E-state index is 12.7. The maximum atomic E-state index is 12.7. The maximum Gasteiger partial charge on any atom is 0.416 e. The Morgan fingerprint density at radius 2 is 2.11 bits per heavy atom. The molecule has 1 saturated carbocycles. The molecular formula is C14H19F3N2. The summed E-state index contributed by atoms with van der Waals surface area (Å²) in [6.45, 7) is 3.29. The summed E-state index contributed by atoms with van der Waals surface area (Å²) in [7, 11) is 0. The fourth-order valence-electron chi connectivity index (χ4n) is 2.25. The van der Waals surface area contributed by atoms with Crippen LogP contribution in [0.1, 0.15) is 30.5 Å². The average Bonchev–Trinajstić information content (AvgIpc) is 3.05. The van der Waals surface area contributed by atoms with Crippen molar-refractivity contribution < 1.29 is 13.2 Å². The molecule has 19 heavy (non-hydrogen) atoms. The summed E-state index contributed by atoms with van der Waals surface area (Å²) in [6, 6.07) is 5.18. The molecule has 5 heteroatoms. The van der Waals surface area contributed by atoms with E-state index in [-0.39, 0.29) is 6.04 Å². The lowest BCUT2D eigenvalue weighted by Gasteiger charge is -2.18. The normalized spacial score (nSPS) is 24.3. The predicted octanol–water partition coefficient (Wildman–Crippen LogP) is 2.95. The second kappa shape index (κ2) is 5.51. The topological polar surface area (TPSA) is 38.0 Å². The summed E-state index contributed by atoms with van der Waals surface area (Å²) in [5.74, 6) is 1.35. The lowest BCUT2D eigenvalue weighted by molar-refractivity contribution is -0.137. The van der Waals surface area contributed by atoms with E-state index in [1.807, 2.05) is 0 Å². The van der Waals surface area contributed by atoms with Crippen LogP contribution in [-0.4, -0.2) is 13.1 Å². The van der Waals surface area contributed by atoms with E-state index < -0.39 is 11.7 Å². The first-order valence-corrected chi connectivity index (χ1v) is 6.52. The molecule has 2 rings (SSSR count). The molecule has 0 spiro atoms. The van der Waals surface area contributed by atoms with Gasteiger partial charge in [-0.1, -0.05) is 19.1 Å². The molecule has 2 nitrogen and oxygen atoms in total. The van der Waals surface area contributed by atoms with Crippen molar-refractivity contribution in [1.29, 1.82) is 0 Å². The number of halogens is 3. The lowest BCUT2D eigenvalue weighted by Crippen LogP contribution is -2.30. The van der Waals surface area contributed by atoms with Gasteiger partial charge in [-0.05, 0) is 42.5 Å². The highest BCUT2D eigenvalue weighted by atomic mass is 19.4. The first kappa shape index (κ1) is 14.3. The second-order valence-electron chi connectivity index (χ2n) is 5.29. The zero-order valence-electron chi connectivity index (χ0n) is 10.9. The van der Waals surface area contributed by atoms with Crippen LogP contribution in [-0.2, 0) is 6.18 Å². The van der Waals surface area contributed by atoms with Crippen LogP contribution in [0.3, 0.4) is 0 Å². The number of benzene rings is 1. The van der Waals surface area contributed by atoms with Gasteiger partial charge in [0.05, 0.1) is 5.56 Å². The standard InChI is InChI=1S/C14H19F3N2/c1-9-5-11(9)8-19-13(7-18)10-3-2-4-12(6-10)14(15,16)17/h2-4,6,9,11,13,19H,5,7-8,18H2,1H3. The monoisotopic (exact) mass is 272 g/mol. The van der Waals surface area contributed by atoms with Gasteiger partial charge in [0.2, 0.25) is 0 Å². The van der Waals surface area contributed by atoms with Gasteiger partial charge in [0.15, 0.2) is 0 Å². The van der Waals surface area contributed by atoms with Crippen LogP contribution in [0.2, 0.25) is 0 Å². The molecule has 0 aliphatic heterocycles. The zero-order chi connectivity index (χ0) is 14.0. The fraction of sp³-hybridized carbons (Fsp3) is 0.571. The van der Waals surface area contributed by atoms with Gasteiger partial charge >= 0.3 is 6.18 Å². The highest BCUT2D eigenvalue weighted by molar-refractivity contribution is 5.28. The zero-order valence-corrected chi connectivity index (χ0v) is 10.9. The van der Waals surface area contributed by atoms with E-state index in [4.69, 9.17) is 5.73 Å². The van der Waals surface area contributed by atoms with Crippen molar-refractivity contribution in [3.05, 3.63) is 35.4 Å². The van der Waals surface area contributed by atoms with Crippen LogP contribution in [0.4, 0.5) is 13.2 Å². The Balaban J connectivity index is 2.05. The van der Waals surface area contributed by atoms with Gasteiger partial charge in [-0.25, -0.2) is 0 Å². The molecular weight excluding hydrogens is 253 g/mol. The van der Waals surface area contributed by atoms with Crippen molar-refractivity contribution in [3.63, 3.8) is 0 Å². The summed E-state index contributed by atoms with van der Waals surface area (Å²) in [4.78, 5) is 0. The Labute approximate surface area is 111 Å². The van der Waals surface area contributed by atoms with Crippen LogP contribution >= 0.6 is 0 Å². The van der Waals surface area contributed by atoms with E-state index in [2.05, 4.69) is 12.2 Å². The Bertz CT molecular complexity index is 431. The molecule has 3 unspecified atom stereocenters. The van der Waals surface area contributed by atoms with Gasteiger partial charge in [0.25, 0.3) is 0 Å². The van der Waals surface area contributed by atoms with Gasteiger partial charge < -0.3 is 11.1 Å². The molecule has 1 aromatic carbocycles. The molecule has 0 saturated heterocycles. The first-order chi connectivity index (χ1) is 8.91. The van der Waals surface area contributed by atoms with Crippen LogP contribution in [0.25, 0.3) is 0 Å². The van der Waals surface area contributed by atoms with Crippen molar-refractivity contribution in [2.24, 2.45) is 17.6 Å². The van der Waals surface area contributed by atoms with E-state index in [0.29, 0.717) is 23.9 Å². The molecule has 0 heterocycles. The number of hydrogen-bond donors (Lipinski definition) is 2. The number of rotatable bonds is 5. The number of nitrogens with two attached hydrogens (primary N) is 1. The van der Waals surface area contributed by atoms with Crippen molar-refractivity contribution in [2.75, 3.05) is 13.1 Å². The molecule has 0 aromatic heterocycles. The molecule has 1 aliphatic carbocycles. The molecule has 1 aliphatic rings. The third-order valence-electron chi connectivity index (χ3n) is 3.75. The van der Waals surface area contributed by atoms with Gasteiger partial charge in [-0.15, -0.1) is 0 Å². The van der Waals surface area contributed by atoms with Crippen LogP contribution in [0.5, 0.6) is 0 Å². The summed E-state index contributed by atoms with van der Waals surface area (Å²) >= 11 is 0. The molecule has 0 radical (unpaired) electrons. The number of alkyl halides is 3. The lowest BCUT2D eigenvalue weighted by atomic mass is 10.0. The summed E-state index contributed by atoms with van der Waals surface area (Å²) < 4.78 is 38.0. The average molecular weight is 272 g/mol. The minimum absolute atomic E-state index is 0.213. The Hall–Kier alpha value is -1.07. The number of hydrogen-bond acceptors (Lipinski definition) is 2. The summed E-state index contributed by atoms with van der Waals surface area (Å²) in [5.41, 5.74) is 5.64. The predicted molar refractivity (Wildman–Crippen MR) is 68.5 cm³/mol. The molecule has 3 N–H and O–H groups in total. The highest BCUT2D eigenvalue weighted by Crippen LogP contribution is 2.37. The van der Waals surface area contributed by atoms with E-state index in [1.54, 1.807) is 6.07 Å².